The van der Waals surface area contributed by atoms with E-state index in [0.29, 0.717) is 16.9 Å². The van der Waals surface area contributed by atoms with Gasteiger partial charge in [0.25, 0.3) is 0 Å². The highest BCUT2D eigenvalue weighted by Gasteiger charge is 2.10. The third-order valence-electron chi connectivity index (χ3n) is 2.74. The molecule has 18 heavy (non-hydrogen) atoms. The van der Waals surface area contributed by atoms with Crippen molar-refractivity contribution in [2.45, 2.75) is 6.92 Å². The number of fused-ring (bicyclic) bond motifs is 1. The lowest BCUT2D eigenvalue weighted by atomic mass is 10.1. The summed E-state index contributed by atoms with van der Waals surface area (Å²) in [6.45, 7) is 1.85. The molecule has 2 N–H and O–H groups in total. The summed E-state index contributed by atoms with van der Waals surface area (Å²) >= 11 is 0. The molecule has 0 unspecified atom stereocenters. The maximum Gasteiger partial charge on any atom is 0.156 e. The molecule has 0 bridgehead atoms. The van der Waals surface area contributed by atoms with E-state index < -0.39 is 5.82 Å². The number of nitrogens with zero attached hydrogens (tertiary/aromatic N) is 2. The summed E-state index contributed by atoms with van der Waals surface area (Å²) in [6.07, 6.45) is 0. The molecule has 0 amide bonds. The van der Waals surface area contributed by atoms with Crippen LogP contribution in [0.3, 0.4) is 0 Å². The van der Waals surface area contributed by atoms with Crippen LogP contribution < -0.4 is 0 Å². The summed E-state index contributed by atoms with van der Waals surface area (Å²) in [5, 5.41) is 16.7. The zero-order chi connectivity index (χ0) is 12.7. The number of pyridine rings is 1. The van der Waals surface area contributed by atoms with E-state index >= 15 is 0 Å². The number of phenolic OH excluding ortho intramolecular Hbond substituents is 1. The van der Waals surface area contributed by atoms with E-state index in [4.69, 9.17) is 0 Å². The molecular formula is C13H9FN3O. The number of aryl methyl sites for hydroxylation is 1. The number of halogens is 1. The average Bonchev–Trinajstić information content (AvgIpc) is 2.71. The van der Waals surface area contributed by atoms with Gasteiger partial charge in [0.15, 0.2) is 5.65 Å². The molecule has 3 aromatic rings. The van der Waals surface area contributed by atoms with Gasteiger partial charge in [0, 0.05) is 17.0 Å². The fraction of sp³-hybridized carbons (Fsp3) is 0.0769. The van der Waals surface area contributed by atoms with E-state index in [1.807, 2.05) is 6.92 Å². The molecule has 2 aromatic heterocycles. The summed E-state index contributed by atoms with van der Waals surface area (Å²) in [7, 11) is 0. The molecule has 1 aromatic carbocycles. The van der Waals surface area contributed by atoms with Gasteiger partial charge >= 0.3 is 0 Å². The lowest BCUT2D eigenvalue weighted by Crippen LogP contribution is -1.88. The first-order chi connectivity index (χ1) is 8.65. The van der Waals surface area contributed by atoms with E-state index in [1.54, 1.807) is 6.07 Å². The van der Waals surface area contributed by atoms with Crippen molar-refractivity contribution in [3.8, 4) is 17.0 Å². The molecule has 0 saturated carbocycles. The molecule has 0 aliphatic rings. The van der Waals surface area contributed by atoms with Crippen molar-refractivity contribution in [3.05, 3.63) is 41.8 Å². The lowest BCUT2D eigenvalue weighted by Gasteiger charge is -2.03. The molecule has 0 aliphatic heterocycles. The average molecular weight is 242 g/mol. The van der Waals surface area contributed by atoms with Crippen LogP contribution in [0.25, 0.3) is 22.3 Å². The van der Waals surface area contributed by atoms with Crippen molar-refractivity contribution in [2.24, 2.45) is 0 Å². The van der Waals surface area contributed by atoms with Gasteiger partial charge in [0.1, 0.15) is 11.6 Å². The minimum absolute atomic E-state index is 0.112. The van der Waals surface area contributed by atoms with Gasteiger partial charge in [-0.1, -0.05) is 0 Å². The SMILES string of the molecule is Cc1n[nH]c2nc(-c3ccc(O)cc3F)c[c]c12. The third-order valence-corrected chi connectivity index (χ3v) is 2.74. The van der Waals surface area contributed by atoms with Gasteiger partial charge in [0.2, 0.25) is 0 Å². The number of phenols is 1. The Morgan fingerprint density at radius 2 is 2.22 bits per heavy atom. The predicted octanol–water partition coefficient (Wildman–Crippen LogP) is 2.58. The lowest BCUT2D eigenvalue weighted by molar-refractivity contribution is 0.469. The fourth-order valence-electron chi connectivity index (χ4n) is 1.82. The van der Waals surface area contributed by atoms with Crippen LogP contribution >= 0.6 is 0 Å². The molecule has 5 heteroatoms. The van der Waals surface area contributed by atoms with Crippen LogP contribution in [0.1, 0.15) is 5.69 Å². The Morgan fingerprint density at radius 3 is 3.00 bits per heavy atom. The Balaban J connectivity index is 2.19. The summed E-state index contributed by atoms with van der Waals surface area (Å²) < 4.78 is 13.7. The standard InChI is InChI=1S/C13H9FN3O/c1-7-9-4-5-12(15-13(9)17-16-7)10-3-2-8(18)6-11(10)14/h2-3,5-6,18H,1H3,(H,15,16,17). The van der Waals surface area contributed by atoms with Crippen molar-refractivity contribution in [2.75, 3.05) is 0 Å². The summed E-state index contributed by atoms with van der Waals surface area (Å²) in [4.78, 5) is 4.29. The van der Waals surface area contributed by atoms with Crippen LogP contribution in [0.15, 0.2) is 24.3 Å². The molecule has 4 nitrogen and oxygen atoms in total. The van der Waals surface area contributed by atoms with Gasteiger partial charge in [-0.15, -0.1) is 0 Å². The van der Waals surface area contributed by atoms with E-state index in [2.05, 4.69) is 21.2 Å². The van der Waals surface area contributed by atoms with Crippen LogP contribution in [0.5, 0.6) is 5.75 Å². The topological polar surface area (TPSA) is 61.8 Å². The first-order valence-corrected chi connectivity index (χ1v) is 5.37. The number of aromatic amines is 1. The van der Waals surface area contributed by atoms with Gasteiger partial charge < -0.3 is 5.11 Å². The number of aromatic nitrogens is 3. The first-order valence-electron chi connectivity index (χ1n) is 5.37. The molecule has 2 heterocycles. The second-order valence-electron chi connectivity index (χ2n) is 3.98. The number of hydrogen-bond acceptors (Lipinski definition) is 3. The largest absolute Gasteiger partial charge is 0.508 e. The zero-order valence-electron chi connectivity index (χ0n) is 9.53. The fourth-order valence-corrected chi connectivity index (χ4v) is 1.82. The van der Waals surface area contributed by atoms with Crippen molar-refractivity contribution in [1.29, 1.82) is 0 Å². The predicted molar refractivity (Wildman–Crippen MR) is 64.5 cm³/mol. The minimum atomic E-state index is -0.522. The van der Waals surface area contributed by atoms with Crippen LogP contribution in [-0.4, -0.2) is 20.3 Å². The number of hydrogen-bond donors (Lipinski definition) is 2. The molecule has 0 aliphatic carbocycles. The van der Waals surface area contributed by atoms with Crippen LogP contribution in [0, 0.1) is 18.8 Å². The number of nitrogens with one attached hydrogen (secondary N) is 1. The van der Waals surface area contributed by atoms with Gasteiger partial charge in [-0.25, -0.2) is 9.37 Å². The molecule has 0 fully saturated rings. The molecule has 1 radical (unpaired) electrons. The number of benzene rings is 1. The van der Waals surface area contributed by atoms with Crippen LogP contribution in [-0.2, 0) is 0 Å². The van der Waals surface area contributed by atoms with Crippen molar-refractivity contribution >= 4 is 11.0 Å². The highest BCUT2D eigenvalue weighted by atomic mass is 19.1. The van der Waals surface area contributed by atoms with Crippen molar-refractivity contribution < 1.29 is 9.50 Å². The number of aromatic hydroxyl groups is 1. The number of H-pyrrole nitrogens is 1. The third kappa shape index (κ3) is 1.60. The van der Waals surface area contributed by atoms with Crippen molar-refractivity contribution in [3.63, 3.8) is 0 Å². The Hall–Kier alpha value is -2.43. The highest BCUT2D eigenvalue weighted by Crippen LogP contribution is 2.25. The zero-order valence-corrected chi connectivity index (χ0v) is 9.53. The monoisotopic (exact) mass is 242 g/mol. The number of rotatable bonds is 1. The molecule has 0 saturated heterocycles. The summed E-state index contributed by atoms with van der Waals surface area (Å²) in [5.74, 6) is -0.634. The molecule has 0 atom stereocenters. The van der Waals surface area contributed by atoms with E-state index in [9.17, 15) is 9.50 Å². The van der Waals surface area contributed by atoms with Crippen LogP contribution in [0.4, 0.5) is 4.39 Å². The Morgan fingerprint density at radius 1 is 1.39 bits per heavy atom. The molecule has 89 valence electrons. The van der Waals surface area contributed by atoms with Gasteiger partial charge in [0.05, 0.1) is 11.4 Å². The maximum absolute atomic E-state index is 13.7. The second kappa shape index (κ2) is 3.80. The van der Waals surface area contributed by atoms with Gasteiger partial charge in [-0.05, 0) is 31.2 Å². The Bertz CT molecular complexity index is 736. The molecule has 3 rings (SSSR count). The highest BCUT2D eigenvalue weighted by molar-refractivity contribution is 5.79. The van der Waals surface area contributed by atoms with Gasteiger partial charge in [-0.2, -0.15) is 5.10 Å². The smallest absolute Gasteiger partial charge is 0.156 e. The first kappa shape index (κ1) is 10.7. The quantitative estimate of drug-likeness (QED) is 0.689. The van der Waals surface area contributed by atoms with Crippen LogP contribution in [0.2, 0.25) is 0 Å². The van der Waals surface area contributed by atoms with E-state index in [0.717, 1.165) is 17.1 Å². The van der Waals surface area contributed by atoms with Crippen molar-refractivity contribution in [1.82, 2.24) is 15.2 Å². The normalized spacial score (nSPS) is 11.0. The Kier molecular flexibility index (Phi) is 2.26. The Labute approximate surface area is 102 Å². The summed E-state index contributed by atoms with van der Waals surface area (Å²) in [6, 6.07) is 8.59. The second-order valence-corrected chi connectivity index (χ2v) is 3.98. The molecular weight excluding hydrogens is 233 g/mol. The van der Waals surface area contributed by atoms with Gasteiger partial charge in [-0.3, -0.25) is 5.10 Å². The maximum atomic E-state index is 13.7. The van der Waals surface area contributed by atoms with E-state index in [1.165, 1.54) is 12.1 Å². The molecule has 0 spiro atoms. The summed E-state index contributed by atoms with van der Waals surface area (Å²) in [5.41, 5.74) is 2.13. The van der Waals surface area contributed by atoms with E-state index in [-0.39, 0.29) is 5.75 Å². The minimum Gasteiger partial charge on any atom is -0.508 e.